The van der Waals surface area contributed by atoms with Gasteiger partial charge in [-0.1, -0.05) is 35.8 Å². The van der Waals surface area contributed by atoms with Gasteiger partial charge in [-0.2, -0.15) is 0 Å². The number of carbonyl (C=O) groups excluding carboxylic acids is 1. The zero-order chi connectivity index (χ0) is 11.7. The second-order valence-corrected chi connectivity index (χ2v) is 5.46. The van der Waals surface area contributed by atoms with E-state index in [-0.39, 0.29) is 10.6 Å². The second-order valence-electron chi connectivity index (χ2n) is 4.36. The summed E-state index contributed by atoms with van der Waals surface area (Å²) in [6, 6.07) is 4.36. The summed E-state index contributed by atoms with van der Waals surface area (Å²) in [7, 11) is 0. The van der Waals surface area contributed by atoms with E-state index < -0.39 is 0 Å². The first-order valence-electron chi connectivity index (χ1n) is 6.00. The summed E-state index contributed by atoms with van der Waals surface area (Å²) in [6.45, 7) is 4.33. The summed E-state index contributed by atoms with van der Waals surface area (Å²) in [5, 5.41) is 0. The van der Waals surface area contributed by atoms with Crippen molar-refractivity contribution in [2.24, 2.45) is 0 Å². The van der Waals surface area contributed by atoms with Gasteiger partial charge < -0.3 is 0 Å². The number of rotatable bonds is 2. The lowest BCUT2D eigenvalue weighted by Gasteiger charge is -2.21. The summed E-state index contributed by atoms with van der Waals surface area (Å²) in [6.07, 6.45) is 4.02. The number of aryl methyl sites for hydroxylation is 3. The highest BCUT2D eigenvalue weighted by molar-refractivity contribution is 9.10. The van der Waals surface area contributed by atoms with Crippen LogP contribution in [-0.2, 0) is 19.3 Å². The molecule has 1 aliphatic carbocycles. The van der Waals surface area contributed by atoms with Gasteiger partial charge >= 0.3 is 0 Å². The number of halogens is 1. The average Bonchev–Trinajstić information content (AvgIpc) is 2.32. The van der Waals surface area contributed by atoms with Gasteiger partial charge in [0.05, 0.1) is 4.83 Å². The molecule has 0 N–H and O–H groups in total. The Hall–Kier alpha value is -0.630. The Bertz CT molecular complexity index is 423. The molecule has 0 radical (unpaired) electrons. The van der Waals surface area contributed by atoms with E-state index in [1.807, 2.05) is 0 Å². The Balaban J connectivity index is 2.52. The lowest BCUT2D eigenvalue weighted by atomic mass is 9.86. The van der Waals surface area contributed by atoms with Gasteiger partial charge in [0.2, 0.25) is 0 Å². The van der Waals surface area contributed by atoms with Crippen LogP contribution in [0.25, 0.3) is 0 Å². The fourth-order valence-electron chi connectivity index (χ4n) is 2.42. The number of hydrogen-bond acceptors (Lipinski definition) is 1. The number of fused-ring (bicyclic) bond motifs is 1. The van der Waals surface area contributed by atoms with Crippen LogP contribution < -0.4 is 0 Å². The van der Waals surface area contributed by atoms with Crippen LogP contribution in [0.2, 0.25) is 0 Å². The summed E-state index contributed by atoms with van der Waals surface area (Å²) < 4.78 is 0. The normalized spacial score (nSPS) is 19.7. The number of hydrogen-bond donors (Lipinski definition) is 0. The molecule has 1 unspecified atom stereocenters. The molecule has 1 aliphatic rings. The van der Waals surface area contributed by atoms with Gasteiger partial charge in [-0.3, -0.25) is 4.79 Å². The molecule has 1 aromatic rings. The molecule has 16 heavy (non-hydrogen) atoms. The molecule has 1 aromatic carbocycles. The van der Waals surface area contributed by atoms with Gasteiger partial charge in [0.15, 0.2) is 5.78 Å². The van der Waals surface area contributed by atoms with Crippen molar-refractivity contribution in [2.45, 2.75) is 44.4 Å². The van der Waals surface area contributed by atoms with Crippen molar-refractivity contribution in [1.82, 2.24) is 0 Å². The average molecular weight is 281 g/mol. The molecule has 86 valence electrons. The van der Waals surface area contributed by atoms with E-state index in [0.717, 1.165) is 31.2 Å². The van der Waals surface area contributed by atoms with Crippen molar-refractivity contribution in [3.63, 3.8) is 0 Å². The van der Waals surface area contributed by atoms with E-state index in [1.54, 1.807) is 0 Å². The highest BCUT2D eigenvalue weighted by Crippen LogP contribution is 2.28. The number of ketones is 1. The molecule has 0 aliphatic heterocycles. The Labute approximate surface area is 105 Å². The monoisotopic (exact) mass is 280 g/mol. The number of Topliss-reactive ketones (excluding diaryl/α,β-unsaturated/α-hetero) is 1. The summed E-state index contributed by atoms with van der Waals surface area (Å²) in [5.74, 6) is 0.263. The van der Waals surface area contributed by atoms with Crippen LogP contribution >= 0.6 is 15.9 Å². The van der Waals surface area contributed by atoms with Crippen LogP contribution in [0.1, 0.15) is 47.3 Å². The second kappa shape index (κ2) is 4.70. The fourth-order valence-corrected chi connectivity index (χ4v) is 2.89. The minimum absolute atomic E-state index is 0.0252. The van der Waals surface area contributed by atoms with Crippen molar-refractivity contribution in [3.05, 3.63) is 34.4 Å². The Morgan fingerprint density at radius 3 is 2.50 bits per heavy atom. The highest BCUT2D eigenvalue weighted by atomic mass is 79.9. The van der Waals surface area contributed by atoms with E-state index in [4.69, 9.17) is 0 Å². The van der Waals surface area contributed by atoms with Crippen LogP contribution in [0.15, 0.2) is 12.1 Å². The first-order chi connectivity index (χ1) is 7.67. The van der Waals surface area contributed by atoms with Crippen LogP contribution in [0, 0.1) is 0 Å². The molecule has 2 heteroatoms. The molecule has 1 nitrogen and oxygen atoms in total. The Morgan fingerprint density at radius 1 is 1.25 bits per heavy atom. The van der Waals surface area contributed by atoms with E-state index in [1.165, 1.54) is 16.7 Å². The fraction of sp³-hybridized carbons (Fsp3) is 0.500. The molecule has 0 aromatic heterocycles. The molecule has 0 fully saturated rings. The van der Waals surface area contributed by atoms with Crippen molar-refractivity contribution in [3.8, 4) is 0 Å². The van der Waals surface area contributed by atoms with E-state index in [2.05, 4.69) is 41.9 Å². The maximum atomic E-state index is 12.0. The number of carbonyl (C=O) groups is 1. The SMILES string of the molecule is CCc1cc2c(cc1CC)C(=O)C(Br)CC2. The molecule has 0 saturated heterocycles. The van der Waals surface area contributed by atoms with Crippen LogP contribution in [-0.4, -0.2) is 10.6 Å². The molecular weight excluding hydrogens is 264 g/mol. The molecule has 2 rings (SSSR count). The first-order valence-corrected chi connectivity index (χ1v) is 6.91. The molecule has 0 spiro atoms. The van der Waals surface area contributed by atoms with Crippen molar-refractivity contribution in [2.75, 3.05) is 0 Å². The topological polar surface area (TPSA) is 17.1 Å². The van der Waals surface area contributed by atoms with Crippen molar-refractivity contribution in [1.29, 1.82) is 0 Å². The Morgan fingerprint density at radius 2 is 1.88 bits per heavy atom. The molecule has 1 atom stereocenters. The zero-order valence-electron chi connectivity index (χ0n) is 9.85. The van der Waals surface area contributed by atoms with Crippen LogP contribution in [0.5, 0.6) is 0 Å². The van der Waals surface area contributed by atoms with E-state index >= 15 is 0 Å². The minimum Gasteiger partial charge on any atom is -0.293 e. The molecule has 0 heterocycles. The van der Waals surface area contributed by atoms with Crippen LogP contribution in [0.3, 0.4) is 0 Å². The number of alkyl halides is 1. The predicted octanol–water partition coefficient (Wildman–Crippen LogP) is 3.70. The summed E-state index contributed by atoms with van der Waals surface area (Å²) in [4.78, 5) is 12.1. The molecule has 0 bridgehead atoms. The summed E-state index contributed by atoms with van der Waals surface area (Å²) >= 11 is 3.46. The van der Waals surface area contributed by atoms with Crippen molar-refractivity contribution >= 4 is 21.7 Å². The van der Waals surface area contributed by atoms with Gasteiger partial charge in [-0.25, -0.2) is 0 Å². The molecule has 0 saturated carbocycles. The van der Waals surface area contributed by atoms with Gasteiger partial charge in [-0.05, 0) is 48.4 Å². The van der Waals surface area contributed by atoms with Gasteiger partial charge in [-0.15, -0.1) is 0 Å². The smallest absolute Gasteiger partial charge is 0.176 e. The Kier molecular flexibility index (Phi) is 3.48. The summed E-state index contributed by atoms with van der Waals surface area (Å²) in [5.41, 5.74) is 4.93. The lowest BCUT2D eigenvalue weighted by molar-refractivity contribution is 0.0981. The zero-order valence-corrected chi connectivity index (χ0v) is 11.4. The van der Waals surface area contributed by atoms with E-state index in [0.29, 0.717) is 0 Å². The van der Waals surface area contributed by atoms with Gasteiger partial charge in [0.25, 0.3) is 0 Å². The highest BCUT2D eigenvalue weighted by Gasteiger charge is 2.25. The van der Waals surface area contributed by atoms with Gasteiger partial charge in [0, 0.05) is 5.56 Å². The van der Waals surface area contributed by atoms with Gasteiger partial charge in [0.1, 0.15) is 0 Å². The lowest BCUT2D eigenvalue weighted by Crippen LogP contribution is -2.23. The standard InChI is InChI=1S/C14H17BrO/c1-3-9-7-11-5-6-13(15)14(16)12(11)8-10(9)4-2/h7-8,13H,3-6H2,1-2H3. The first kappa shape index (κ1) is 11.8. The van der Waals surface area contributed by atoms with Crippen molar-refractivity contribution < 1.29 is 4.79 Å². The van der Waals surface area contributed by atoms with E-state index in [9.17, 15) is 4.79 Å². The largest absolute Gasteiger partial charge is 0.293 e. The third-order valence-corrected chi connectivity index (χ3v) is 4.28. The van der Waals surface area contributed by atoms with Crippen LogP contribution in [0.4, 0.5) is 0 Å². The quantitative estimate of drug-likeness (QED) is 0.755. The minimum atomic E-state index is 0.0252. The third-order valence-electron chi connectivity index (χ3n) is 3.40. The molecular formula is C14H17BrO. The number of benzene rings is 1. The third kappa shape index (κ3) is 1.95. The maximum Gasteiger partial charge on any atom is 0.176 e. The maximum absolute atomic E-state index is 12.0. The predicted molar refractivity (Wildman–Crippen MR) is 70.6 cm³/mol. The molecule has 0 amide bonds.